The topological polar surface area (TPSA) is 76.8 Å². The first kappa shape index (κ1) is 21.7. The predicted octanol–water partition coefficient (Wildman–Crippen LogP) is 2.82. The number of fused-ring (bicyclic) bond motifs is 1. The second-order valence-electron chi connectivity index (χ2n) is 6.66. The number of carbonyl (C=O) groups excluding carboxylic acids is 1. The second kappa shape index (κ2) is 10.1. The molecule has 0 radical (unpaired) electrons. The summed E-state index contributed by atoms with van der Waals surface area (Å²) in [5.41, 5.74) is 10.2. The van der Waals surface area contributed by atoms with Crippen LogP contribution in [0.1, 0.15) is 17.5 Å². The lowest BCUT2D eigenvalue weighted by atomic mass is 10.00. The van der Waals surface area contributed by atoms with E-state index in [4.69, 9.17) is 15.2 Å². The highest BCUT2D eigenvalue weighted by Gasteiger charge is 2.20. The van der Waals surface area contributed by atoms with Crippen LogP contribution in [0, 0.1) is 0 Å². The lowest BCUT2D eigenvalue weighted by Crippen LogP contribution is -2.40. The number of ether oxygens (including phenoxy) is 2. The molecule has 1 heterocycles. The van der Waals surface area contributed by atoms with E-state index in [0.717, 1.165) is 48.3 Å². The molecule has 0 atom stereocenters. The van der Waals surface area contributed by atoms with Crippen molar-refractivity contribution in [1.29, 1.82) is 0 Å². The summed E-state index contributed by atoms with van der Waals surface area (Å²) in [6.07, 6.45) is 2.72. The van der Waals surface area contributed by atoms with Crippen LogP contribution in [-0.4, -0.2) is 39.8 Å². The fourth-order valence-corrected chi connectivity index (χ4v) is 3.50. The van der Waals surface area contributed by atoms with Gasteiger partial charge in [-0.25, -0.2) is 0 Å². The van der Waals surface area contributed by atoms with E-state index in [9.17, 15) is 4.79 Å². The molecule has 28 heavy (non-hydrogen) atoms. The molecule has 0 saturated carbocycles. The molecule has 3 N–H and O–H groups in total. The molecule has 1 aliphatic heterocycles. The summed E-state index contributed by atoms with van der Waals surface area (Å²) in [6, 6.07) is 11.7. The van der Waals surface area contributed by atoms with Crippen molar-refractivity contribution in [1.82, 2.24) is 5.32 Å². The third-order valence-corrected chi connectivity index (χ3v) is 4.90. The van der Waals surface area contributed by atoms with Gasteiger partial charge in [-0.15, -0.1) is 12.4 Å². The van der Waals surface area contributed by atoms with Crippen LogP contribution in [0.3, 0.4) is 0 Å². The van der Waals surface area contributed by atoms with Gasteiger partial charge in [0, 0.05) is 24.5 Å². The number of rotatable bonds is 7. The minimum Gasteiger partial charge on any atom is -0.493 e. The zero-order valence-corrected chi connectivity index (χ0v) is 17.2. The summed E-state index contributed by atoms with van der Waals surface area (Å²) in [5, 5.41) is 3.01. The van der Waals surface area contributed by atoms with E-state index in [-0.39, 0.29) is 18.3 Å². The number of nitrogens with one attached hydrogen (secondary N) is 1. The maximum absolute atomic E-state index is 12.4. The van der Waals surface area contributed by atoms with E-state index < -0.39 is 0 Å². The van der Waals surface area contributed by atoms with Gasteiger partial charge in [-0.05, 0) is 54.7 Å². The van der Waals surface area contributed by atoms with Crippen LogP contribution in [0.15, 0.2) is 36.4 Å². The second-order valence-corrected chi connectivity index (χ2v) is 6.66. The zero-order chi connectivity index (χ0) is 19.2. The van der Waals surface area contributed by atoms with Crippen LogP contribution in [0.5, 0.6) is 11.5 Å². The number of halogens is 1. The number of methoxy groups -OCH3 is 2. The lowest BCUT2D eigenvalue weighted by molar-refractivity contribution is -0.119. The Morgan fingerprint density at radius 2 is 1.96 bits per heavy atom. The van der Waals surface area contributed by atoms with Crippen LogP contribution < -0.4 is 25.4 Å². The molecular weight excluding hydrogens is 378 g/mol. The number of nitrogens with zero attached hydrogens (tertiary/aromatic N) is 1. The normalized spacial score (nSPS) is 12.6. The highest BCUT2D eigenvalue weighted by molar-refractivity contribution is 5.85. The van der Waals surface area contributed by atoms with Crippen molar-refractivity contribution in [2.24, 2.45) is 0 Å². The standard InChI is InChI=1S/C21H27N3O3.ClH/c1-26-19-9-8-15(13-20(19)27-2)10-11-23-21(25)14-24-12-4-5-16-17(22)6-3-7-18(16)24;/h3,6-9,13H,4-5,10-12,14,22H2,1-2H3,(H,23,25);1H. The Bertz CT molecular complexity index is 813. The Hall–Kier alpha value is -2.60. The molecule has 1 aliphatic rings. The van der Waals surface area contributed by atoms with Crippen molar-refractivity contribution < 1.29 is 14.3 Å². The smallest absolute Gasteiger partial charge is 0.239 e. The van der Waals surface area contributed by atoms with Crippen molar-refractivity contribution in [3.63, 3.8) is 0 Å². The molecule has 2 aromatic rings. The van der Waals surface area contributed by atoms with Gasteiger partial charge in [0.15, 0.2) is 11.5 Å². The largest absolute Gasteiger partial charge is 0.493 e. The number of amides is 1. The Kier molecular flexibility index (Phi) is 7.81. The molecule has 0 aromatic heterocycles. The van der Waals surface area contributed by atoms with Crippen LogP contribution in [0.25, 0.3) is 0 Å². The maximum Gasteiger partial charge on any atom is 0.239 e. The summed E-state index contributed by atoms with van der Waals surface area (Å²) in [5.74, 6) is 1.42. The first-order valence-electron chi connectivity index (χ1n) is 9.22. The predicted molar refractivity (Wildman–Crippen MR) is 115 cm³/mol. The summed E-state index contributed by atoms with van der Waals surface area (Å²) in [7, 11) is 3.23. The van der Waals surface area contributed by atoms with Gasteiger partial charge in [-0.3, -0.25) is 4.79 Å². The Morgan fingerprint density at radius 1 is 1.18 bits per heavy atom. The van der Waals surface area contributed by atoms with Crippen LogP contribution in [0.4, 0.5) is 11.4 Å². The third kappa shape index (κ3) is 5.01. The number of nitrogen functional groups attached to an aromatic ring is 1. The van der Waals surface area contributed by atoms with Gasteiger partial charge in [-0.1, -0.05) is 12.1 Å². The van der Waals surface area contributed by atoms with Crippen molar-refractivity contribution >= 4 is 29.7 Å². The lowest BCUT2D eigenvalue weighted by Gasteiger charge is -2.31. The van der Waals surface area contributed by atoms with E-state index in [0.29, 0.717) is 24.6 Å². The van der Waals surface area contributed by atoms with Crippen molar-refractivity contribution in [3.8, 4) is 11.5 Å². The molecular formula is C21H28ClN3O3. The average molecular weight is 406 g/mol. The van der Waals surface area contributed by atoms with Crippen LogP contribution in [-0.2, 0) is 17.6 Å². The maximum atomic E-state index is 12.4. The third-order valence-electron chi connectivity index (χ3n) is 4.90. The van der Waals surface area contributed by atoms with Crippen molar-refractivity contribution in [3.05, 3.63) is 47.5 Å². The van der Waals surface area contributed by atoms with E-state index in [1.165, 1.54) is 0 Å². The monoisotopic (exact) mass is 405 g/mol. The van der Waals surface area contributed by atoms with Crippen LogP contribution in [0.2, 0.25) is 0 Å². The average Bonchev–Trinajstić information content (AvgIpc) is 2.68. The Labute approximate surface area is 172 Å². The van der Waals surface area contributed by atoms with Gasteiger partial charge in [0.1, 0.15) is 0 Å². The molecule has 0 unspecified atom stereocenters. The minimum absolute atomic E-state index is 0. The molecule has 7 heteroatoms. The first-order valence-corrected chi connectivity index (χ1v) is 9.22. The highest BCUT2D eigenvalue weighted by atomic mass is 35.5. The number of anilines is 2. The fourth-order valence-electron chi connectivity index (χ4n) is 3.50. The van der Waals surface area contributed by atoms with Gasteiger partial charge >= 0.3 is 0 Å². The number of nitrogens with two attached hydrogens (primary N) is 1. The summed E-state index contributed by atoms with van der Waals surface area (Å²) < 4.78 is 10.6. The van der Waals surface area contributed by atoms with Crippen LogP contribution >= 0.6 is 12.4 Å². The molecule has 3 rings (SSSR count). The molecule has 2 aromatic carbocycles. The SMILES string of the molecule is COc1ccc(CCNC(=O)CN2CCCc3c(N)cccc32)cc1OC.Cl. The number of hydrogen-bond acceptors (Lipinski definition) is 5. The molecule has 152 valence electrons. The van der Waals surface area contributed by atoms with E-state index in [2.05, 4.69) is 10.2 Å². The summed E-state index contributed by atoms with van der Waals surface area (Å²) in [6.45, 7) is 1.80. The minimum atomic E-state index is 0. The van der Waals surface area contributed by atoms with Gasteiger partial charge in [-0.2, -0.15) is 0 Å². The molecule has 0 fully saturated rings. The van der Waals surface area contributed by atoms with Gasteiger partial charge < -0.3 is 25.4 Å². The zero-order valence-electron chi connectivity index (χ0n) is 16.4. The Morgan fingerprint density at radius 3 is 2.71 bits per heavy atom. The number of benzene rings is 2. The summed E-state index contributed by atoms with van der Waals surface area (Å²) >= 11 is 0. The molecule has 0 bridgehead atoms. The summed E-state index contributed by atoms with van der Waals surface area (Å²) in [4.78, 5) is 14.5. The fraction of sp³-hybridized carbons (Fsp3) is 0.381. The van der Waals surface area contributed by atoms with E-state index in [1.807, 2.05) is 36.4 Å². The molecule has 1 amide bonds. The molecule has 0 aliphatic carbocycles. The van der Waals surface area contributed by atoms with Gasteiger partial charge in [0.25, 0.3) is 0 Å². The first-order chi connectivity index (χ1) is 13.1. The number of carbonyl (C=O) groups is 1. The molecule has 0 saturated heterocycles. The van der Waals surface area contributed by atoms with E-state index >= 15 is 0 Å². The van der Waals surface area contributed by atoms with Gasteiger partial charge in [0.05, 0.1) is 20.8 Å². The van der Waals surface area contributed by atoms with Gasteiger partial charge in [0.2, 0.25) is 5.91 Å². The quantitative estimate of drug-likeness (QED) is 0.692. The van der Waals surface area contributed by atoms with Crippen molar-refractivity contribution in [2.75, 3.05) is 44.5 Å². The van der Waals surface area contributed by atoms with E-state index in [1.54, 1.807) is 14.2 Å². The van der Waals surface area contributed by atoms with Crippen molar-refractivity contribution in [2.45, 2.75) is 19.3 Å². The molecule has 6 nitrogen and oxygen atoms in total. The highest BCUT2D eigenvalue weighted by Crippen LogP contribution is 2.31. The molecule has 0 spiro atoms. The Balaban J connectivity index is 0.00000280. The number of hydrogen-bond donors (Lipinski definition) is 2.